The molecule has 0 saturated heterocycles. The Morgan fingerprint density at radius 3 is 2.75 bits per heavy atom. The average molecular weight is 399 g/mol. The Kier molecular flexibility index (Phi) is 6.00. The highest BCUT2D eigenvalue weighted by atomic mass is 32.1. The van der Waals surface area contributed by atoms with Crippen LogP contribution in [0.4, 0.5) is 4.39 Å². The lowest BCUT2D eigenvalue weighted by atomic mass is 10.1. The third kappa shape index (κ3) is 4.72. The number of methoxy groups -OCH3 is 1. The quantitative estimate of drug-likeness (QED) is 0.488. The van der Waals surface area contributed by atoms with Gasteiger partial charge in [-0.25, -0.2) is 14.8 Å². The maximum Gasteiger partial charge on any atom is 0.246 e. The molecule has 2 N–H and O–H groups in total. The molecule has 8 heteroatoms. The van der Waals surface area contributed by atoms with Crippen molar-refractivity contribution < 1.29 is 19.0 Å². The lowest BCUT2D eigenvalue weighted by Crippen LogP contribution is -2.21. The maximum absolute atomic E-state index is 13.0. The number of aromatic nitrogens is 1. The van der Waals surface area contributed by atoms with Crippen LogP contribution in [0.1, 0.15) is 18.2 Å². The summed E-state index contributed by atoms with van der Waals surface area (Å²) >= 11 is 1.38. The van der Waals surface area contributed by atoms with Crippen molar-refractivity contribution >= 4 is 23.0 Å². The Hall–Kier alpha value is -3.26. The summed E-state index contributed by atoms with van der Waals surface area (Å²) in [6.07, 6.45) is 0.0541. The number of aromatic hydroxyl groups is 1. The lowest BCUT2D eigenvalue weighted by molar-refractivity contribution is -0.120. The van der Waals surface area contributed by atoms with Crippen molar-refractivity contribution in [1.29, 1.82) is 0 Å². The van der Waals surface area contributed by atoms with E-state index in [1.54, 1.807) is 36.6 Å². The summed E-state index contributed by atoms with van der Waals surface area (Å²) in [5, 5.41) is 16.5. The van der Waals surface area contributed by atoms with Crippen molar-refractivity contribution in [3.8, 4) is 22.1 Å². The molecule has 0 atom stereocenters. The van der Waals surface area contributed by atoms with Crippen molar-refractivity contribution in [3.63, 3.8) is 0 Å². The monoisotopic (exact) mass is 399 g/mol. The molecular formula is C20H18FN3O3S. The zero-order valence-corrected chi connectivity index (χ0v) is 16.1. The second kappa shape index (κ2) is 8.62. The molecule has 0 radical (unpaired) electrons. The smallest absolute Gasteiger partial charge is 0.246 e. The van der Waals surface area contributed by atoms with Gasteiger partial charge < -0.3 is 9.84 Å². The molecule has 0 aliphatic carbocycles. The number of rotatable bonds is 6. The zero-order chi connectivity index (χ0) is 20.1. The second-order valence-electron chi connectivity index (χ2n) is 5.94. The Balaban J connectivity index is 1.64. The van der Waals surface area contributed by atoms with Crippen LogP contribution in [-0.4, -0.2) is 28.8 Å². The van der Waals surface area contributed by atoms with Crippen molar-refractivity contribution in [2.45, 2.75) is 13.3 Å². The first-order chi connectivity index (χ1) is 13.5. The molecule has 0 aliphatic rings. The van der Waals surface area contributed by atoms with E-state index >= 15 is 0 Å². The minimum Gasteiger partial charge on any atom is -0.507 e. The number of carbonyl (C=O) groups is 1. The fourth-order valence-corrected chi connectivity index (χ4v) is 3.28. The average Bonchev–Trinajstić information content (AvgIpc) is 3.15. The van der Waals surface area contributed by atoms with Gasteiger partial charge in [-0.3, -0.25) is 4.79 Å². The number of carbonyl (C=O) groups excluding carboxylic acids is 1. The molecule has 2 aromatic carbocycles. The van der Waals surface area contributed by atoms with Crippen molar-refractivity contribution in [2.75, 3.05) is 7.11 Å². The minimum atomic E-state index is -0.335. The van der Waals surface area contributed by atoms with E-state index in [-0.39, 0.29) is 23.9 Å². The molecule has 3 aromatic rings. The summed E-state index contributed by atoms with van der Waals surface area (Å²) in [5.41, 5.74) is 4.76. The third-order valence-electron chi connectivity index (χ3n) is 3.93. The summed E-state index contributed by atoms with van der Waals surface area (Å²) < 4.78 is 18.1. The van der Waals surface area contributed by atoms with Crippen LogP contribution in [0.15, 0.2) is 52.9 Å². The van der Waals surface area contributed by atoms with Crippen LogP contribution in [0, 0.1) is 5.82 Å². The summed E-state index contributed by atoms with van der Waals surface area (Å²) in [4.78, 5) is 16.6. The van der Waals surface area contributed by atoms with E-state index in [1.807, 2.05) is 0 Å². The van der Waals surface area contributed by atoms with Crippen LogP contribution in [0.2, 0.25) is 0 Å². The molecule has 0 bridgehead atoms. The van der Waals surface area contributed by atoms with E-state index in [1.165, 1.54) is 36.6 Å². The van der Waals surface area contributed by atoms with Gasteiger partial charge in [0.05, 0.1) is 24.9 Å². The molecule has 0 aliphatic heterocycles. The van der Waals surface area contributed by atoms with Crippen molar-refractivity contribution in [2.24, 2.45) is 5.10 Å². The third-order valence-corrected chi connectivity index (χ3v) is 4.87. The first-order valence-electron chi connectivity index (χ1n) is 8.37. The maximum atomic E-state index is 13.0. The van der Waals surface area contributed by atoms with Crippen LogP contribution >= 0.6 is 11.3 Å². The highest BCUT2D eigenvalue weighted by Gasteiger charge is 2.11. The number of hydrogen-bond donors (Lipinski definition) is 2. The van der Waals surface area contributed by atoms with E-state index in [0.29, 0.717) is 27.7 Å². The number of phenolic OH excluding ortho intramolecular Hbond substituents is 1. The number of phenols is 1. The molecular weight excluding hydrogens is 381 g/mol. The molecule has 28 heavy (non-hydrogen) atoms. The predicted molar refractivity (Wildman–Crippen MR) is 106 cm³/mol. The summed E-state index contributed by atoms with van der Waals surface area (Å²) in [7, 11) is 1.53. The SMILES string of the molecule is COc1ccc(O)c(/C(C)=N/NC(=O)Cc2csc(-c3ccc(F)cc3)n2)c1. The standard InChI is InChI=1S/C20H18FN3O3S/c1-12(17-10-16(27-2)7-8-18(17)25)23-24-19(26)9-15-11-28-20(22-15)13-3-5-14(21)6-4-13/h3-8,10-11,25H,9H2,1-2H3,(H,24,26)/b23-12+. The summed E-state index contributed by atoms with van der Waals surface area (Å²) in [6.45, 7) is 1.67. The fourth-order valence-electron chi connectivity index (χ4n) is 2.46. The number of nitrogens with zero attached hydrogens (tertiary/aromatic N) is 2. The Morgan fingerprint density at radius 1 is 1.29 bits per heavy atom. The molecule has 1 amide bonds. The van der Waals surface area contributed by atoms with Gasteiger partial charge in [-0.05, 0) is 49.4 Å². The number of nitrogens with one attached hydrogen (secondary N) is 1. The number of hydrazone groups is 1. The first kappa shape index (κ1) is 19.5. The number of halogens is 1. The van der Waals surface area contributed by atoms with Gasteiger partial charge in [0, 0.05) is 16.5 Å². The van der Waals surface area contributed by atoms with Crippen LogP contribution < -0.4 is 10.2 Å². The fraction of sp³-hybridized carbons (Fsp3) is 0.150. The minimum absolute atomic E-state index is 0.0414. The molecule has 144 valence electrons. The lowest BCUT2D eigenvalue weighted by Gasteiger charge is -2.07. The van der Waals surface area contributed by atoms with E-state index in [9.17, 15) is 14.3 Å². The summed E-state index contributed by atoms with van der Waals surface area (Å²) in [5.74, 6) is -0.0304. The van der Waals surface area contributed by atoms with E-state index in [0.717, 1.165) is 5.56 Å². The van der Waals surface area contributed by atoms with Crippen molar-refractivity contribution in [1.82, 2.24) is 10.4 Å². The van der Waals surface area contributed by atoms with Crippen molar-refractivity contribution in [3.05, 3.63) is 64.9 Å². The van der Waals surface area contributed by atoms with E-state index < -0.39 is 0 Å². The van der Waals surface area contributed by atoms with Gasteiger partial charge >= 0.3 is 0 Å². The zero-order valence-electron chi connectivity index (χ0n) is 15.3. The molecule has 0 unspecified atom stereocenters. The highest BCUT2D eigenvalue weighted by molar-refractivity contribution is 7.13. The molecule has 1 aromatic heterocycles. The second-order valence-corrected chi connectivity index (χ2v) is 6.80. The van der Waals surface area contributed by atoms with Crippen LogP contribution in [0.25, 0.3) is 10.6 Å². The van der Waals surface area contributed by atoms with Crippen LogP contribution in [0.3, 0.4) is 0 Å². The Labute approximate surface area is 165 Å². The van der Waals surface area contributed by atoms with Gasteiger partial charge in [0.2, 0.25) is 5.91 Å². The van der Waals surface area contributed by atoms with Gasteiger partial charge in [0.15, 0.2) is 0 Å². The van der Waals surface area contributed by atoms with Gasteiger partial charge in [-0.2, -0.15) is 5.10 Å². The van der Waals surface area contributed by atoms with Gasteiger partial charge in [0.1, 0.15) is 22.3 Å². The molecule has 0 saturated carbocycles. The number of benzene rings is 2. The molecule has 1 heterocycles. The predicted octanol–water partition coefficient (Wildman–Crippen LogP) is 3.75. The first-order valence-corrected chi connectivity index (χ1v) is 9.25. The normalized spacial score (nSPS) is 11.3. The largest absolute Gasteiger partial charge is 0.507 e. The highest BCUT2D eigenvalue weighted by Crippen LogP contribution is 2.25. The van der Waals surface area contributed by atoms with Gasteiger partial charge in [-0.15, -0.1) is 11.3 Å². The van der Waals surface area contributed by atoms with E-state index in [2.05, 4.69) is 15.5 Å². The molecule has 6 nitrogen and oxygen atoms in total. The van der Waals surface area contributed by atoms with E-state index in [4.69, 9.17) is 4.74 Å². The number of thiazole rings is 1. The Bertz CT molecular complexity index is 1020. The molecule has 0 fully saturated rings. The number of ether oxygens (including phenoxy) is 1. The Morgan fingerprint density at radius 2 is 2.04 bits per heavy atom. The van der Waals surface area contributed by atoms with Crippen LogP contribution in [0.5, 0.6) is 11.5 Å². The van der Waals surface area contributed by atoms with Gasteiger partial charge in [0.25, 0.3) is 0 Å². The topological polar surface area (TPSA) is 83.8 Å². The molecule has 3 rings (SSSR count). The van der Waals surface area contributed by atoms with Gasteiger partial charge in [-0.1, -0.05) is 0 Å². The molecule has 0 spiro atoms. The summed E-state index contributed by atoms with van der Waals surface area (Å²) in [6, 6.07) is 10.8. The van der Waals surface area contributed by atoms with Crippen LogP contribution in [-0.2, 0) is 11.2 Å². The number of amides is 1. The number of hydrogen-bond acceptors (Lipinski definition) is 6.